The molecule has 2 aromatic rings. The van der Waals surface area contributed by atoms with Crippen molar-refractivity contribution >= 4 is 27.7 Å². The fourth-order valence-corrected chi connectivity index (χ4v) is 2.69. The van der Waals surface area contributed by atoms with Crippen LogP contribution in [0.4, 0.5) is 14.5 Å². The molecule has 0 aliphatic rings. The Morgan fingerprint density at radius 2 is 1.89 bits per heavy atom. The number of hydrogen-bond acceptors (Lipinski definition) is 4. The summed E-state index contributed by atoms with van der Waals surface area (Å²) in [6, 6.07) is 12.5. The van der Waals surface area contributed by atoms with Crippen LogP contribution in [-0.2, 0) is 21.4 Å². The summed E-state index contributed by atoms with van der Waals surface area (Å²) in [6.07, 6.45) is 3.89. The molecule has 2 aromatic carbocycles. The number of anilines is 1. The van der Waals surface area contributed by atoms with E-state index >= 15 is 0 Å². The van der Waals surface area contributed by atoms with Crippen LogP contribution in [0.2, 0.25) is 0 Å². The van der Waals surface area contributed by atoms with E-state index in [0.717, 1.165) is 11.8 Å². The molecule has 2 N–H and O–H groups in total. The second kappa shape index (κ2) is 9.13. The first-order valence-electron chi connectivity index (χ1n) is 7.79. The number of alkyl halides is 2. The summed E-state index contributed by atoms with van der Waals surface area (Å²) in [6.45, 7) is -2.67. The molecule has 0 aliphatic heterocycles. The molecular formula is C18H18F2N2O4S. The molecule has 0 spiro atoms. The van der Waals surface area contributed by atoms with Crippen molar-refractivity contribution in [1.29, 1.82) is 0 Å². The minimum atomic E-state index is -3.37. The van der Waals surface area contributed by atoms with Crippen molar-refractivity contribution in [3.8, 4) is 5.75 Å². The number of carbonyl (C=O) groups is 1. The molecule has 0 aliphatic carbocycles. The van der Waals surface area contributed by atoms with Crippen LogP contribution in [0.1, 0.15) is 11.1 Å². The number of carbonyl (C=O) groups excluding carboxylic acids is 1. The van der Waals surface area contributed by atoms with Crippen LogP contribution >= 0.6 is 0 Å². The molecular weight excluding hydrogens is 378 g/mol. The van der Waals surface area contributed by atoms with Gasteiger partial charge in [-0.15, -0.1) is 0 Å². The zero-order chi connectivity index (χ0) is 19.9. The third-order valence-corrected chi connectivity index (χ3v) is 3.84. The van der Waals surface area contributed by atoms with E-state index in [0.29, 0.717) is 11.3 Å². The van der Waals surface area contributed by atoms with Crippen LogP contribution in [0, 0.1) is 0 Å². The third kappa shape index (κ3) is 7.87. The van der Waals surface area contributed by atoms with Crippen molar-refractivity contribution in [3.05, 3.63) is 65.7 Å². The predicted octanol–water partition coefficient (Wildman–Crippen LogP) is 2.99. The van der Waals surface area contributed by atoms with Gasteiger partial charge in [-0.25, -0.2) is 8.42 Å². The Morgan fingerprint density at radius 1 is 1.19 bits per heavy atom. The fourth-order valence-electron chi connectivity index (χ4n) is 2.14. The molecule has 0 saturated heterocycles. The minimum Gasteiger partial charge on any atom is -0.435 e. The number of ether oxygens (including phenoxy) is 1. The van der Waals surface area contributed by atoms with Gasteiger partial charge in [0, 0.05) is 18.3 Å². The lowest BCUT2D eigenvalue weighted by atomic mass is 10.2. The maximum Gasteiger partial charge on any atom is 0.387 e. The van der Waals surface area contributed by atoms with Crippen molar-refractivity contribution in [3.63, 3.8) is 0 Å². The highest BCUT2D eigenvalue weighted by atomic mass is 32.2. The number of sulfonamides is 1. The average Bonchev–Trinajstić information content (AvgIpc) is 2.58. The zero-order valence-electron chi connectivity index (χ0n) is 14.4. The smallest absolute Gasteiger partial charge is 0.387 e. The Hall–Kier alpha value is -2.94. The number of nitrogens with one attached hydrogen (secondary N) is 2. The first kappa shape index (κ1) is 20.4. The minimum absolute atomic E-state index is 0.0363. The summed E-state index contributed by atoms with van der Waals surface area (Å²) in [5.41, 5.74) is 1.77. The lowest BCUT2D eigenvalue weighted by Gasteiger charge is -2.07. The highest BCUT2D eigenvalue weighted by Crippen LogP contribution is 2.15. The number of hydrogen-bond donors (Lipinski definition) is 2. The molecule has 0 atom stereocenters. The largest absolute Gasteiger partial charge is 0.435 e. The maximum absolute atomic E-state index is 12.1. The van der Waals surface area contributed by atoms with E-state index < -0.39 is 16.6 Å². The van der Waals surface area contributed by atoms with Gasteiger partial charge in [0.1, 0.15) is 5.75 Å². The number of amides is 1. The molecule has 0 radical (unpaired) electrons. The van der Waals surface area contributed by atoms with E-state index in [4.69, 9.17) is 0 Å². The average molecular weight is 396 g/mol. The van der Waals surface area contributed by atoms with Gasteiger partial charge in [0.15, 0.2) is 0 Å². The lowest BCUT2D eigenvalue weighted by Crippen LogP contribution is -2.20. The van der Waals surface area contributed by atoms with E-state index in [-0.39, 0.29) is 18.2 Å². The molecule has 0 heterocycles. The predicted molar refractivity (Wildman–Crippen MR) is 98.9 cm³/mol. The Morgan fingerprint density at radius 3 is 2.52 bits per heavy atom. The Bertz CT molecular complexity index is 913. The summed E-state index contributed by atoms with van der Waals surface area (Å²) in [5.74, 6) is -0.321. The highest BCUT2D eigenvalue weighted by molar-refractivity contribution is 7.92. The van der Waals surface area contributed by atoms with Crippen molar-refractivity contribution < 1.29 is 26.7 Å². The molecule has 0 saturated carbocycles. The van der Waals surface area contributed by atoms with Gasteiger partial charge in [-0.05, 0) is 41.5 Å². The Balaban J connectivity index is 1.89. The summed E-state index contributed by atoms with van der Waals surface area (Å²) >= 11 is 0. The van der Waals surface area contributed by atoms with Gasteiger partial charge in [0.25, 0.3) is 0 Å². The summed E-state index contributed by atoms with van der Waals surface area (Å²) < 4.78 is 53.2. The van der Waals surface area contributed by atoms with E-state index in [1.165, 1.54) is 24.3 Å². The molecule has 0 bridgehead atoms. The van der Waals surface area contributed by atoms with Crippen molar-refractivity contribution in [2.24, 2.45) is 0 Å². The maximum atomic E-state index is 12.1. The second-order valence-corrected chi connectivity index (χ2v) is 7.32. The van der Waals surface area contributed by atoms with Crippen molar-refractivity contribution in [1.82, 2.24) is 5.32 Å². The van der Waals surface area contributed by atoms with Gasteiger partial charge >= 0.3 is 6.61 Å². The fraction of sp³-hybridized carbons (Fsp3) is 0.167. The van der Waals surface area contributed by atoms with Crippen LogP contribution in [0.5, 0.6) is 5.75 Å². The van der Waals surface area contributed by atoms with E-state index in [9.17, 15) is 22.0 Å². The van der Waals surface area contributed by atoms with E-state index in [1.807, 2.05) is 0 Å². The number of benzene rings is 2. The SMILES string of the molecule is CS(=O)(=O)Nc1cccc(CNC(=O)/C=C/c2ccc(OC(F)F)cc2)c1. The summed E-state index contributed by atoms with van der Waals surface area (Å²) in [7, 11) is -3.37. The molecule has 6 nitrogen and oxygen atoms in total. The van der Waals surface area contributed by atoms with Gasteiger partial charge in [0.05, 0.1) is 6.26 Å². The van der Waals surface area contributed by atoms with Gasteiger partial charge < -0.3 is 10.1 Å². The van der Waals surface area contributed by atoms with Crippen LogP contribution in [0.15, 0.2) is 54.6 Å². The first-order chi connectivity index (χ1) is 12.7. The molecule has 2 rings (SSSR count). The molecule has 0 unspecified atom stereocenters. The second-order valence-electron chi connectivity index (χ2n) is 5.57. The van der Waals surface area contributed by atoms with Crippen LogP contribution in [-0.4, -0.2) is 27.2 Å². The van der Waals surface area contributed by atoms with E-state index in [2.05, 4.69) is 14.8 Å². The van der Waals surface area contributed by atoms with Gasteiger partial charge in [-0.3, -0.25) is 9.52 Å². The van der Waals surface area contributed by atoms with Crippen molar-refractivity contribution in [2.45, 2.75) is 13.2 Å². The van der Waals surface area contributed by atoms with E-state index in [1.54, 1.807) is 36.4 Å². The quantitative estimate of drug-likeness (QED) is 0.672. The first-order valence-corrected chi connectivity index (χ1v) is 9.68. The van der Waals surface area contributed by atoms with Gasteiger partial charge in [0.2, 0.25) is 15.9 Å². The molecule has 144 valence electrons. The number of rotatable bonds is 8. The van der Waals surface area contributed by atoms with Gasteiger partial charge in [-0.2, -0.15) is 8.78 Å². The van der Waals surface area contributed by atoms with Crippen LogP contribution in [0.25, 0.3) is 6.08 Å². The third-order valence-electron chi connectivity index (χ3n) is 3.23. The highest BCUT2D eigenvalue weighted by Gasteiger charge is 2.04. The molecule has 0 fully saturated rings. The van der Waals surface area contributed by atoms with Crippen LogP contribution in [0.3, 0.4) is 0 Å². The molecule has 0 aromatic heterocycles. The summed E-state index contributed by atoms with van der Waals surface area (Å²) in [4.78, 5) is 11.9. The van der Waals surface area contributed by atoms with Gasteiger partial charge in [-0.1, -0.05) is 24.3 Å². The topological polar surface area (TPSA) is 84.5 Å². The molecule has 1 amide bonds. The monoisotopic (exact) mass is 396 g/mol. The molecule has 9 heteroatoms. The Kier molecular flexibility index (Phi) is 6.89. The van der Waals surface area contributed by atoms with Crippen molar-refractivity contribution in [2.75, 3.05) is 11.0 Å². The molecule has 27 heavy (non-hydrogen) atoms. The lowest BCUT2D eigenvalue weighted by molar-refractivity contribution is -0.116. The Labute approximate surface area is 155 Å². The zero-order valence-corrected chi connectivity index (χ0v) is 15.2. The normalized spacial score (nSPS) is 11.6. The summed E-state index contributed by atoms with van der Waals surface area (Å²) in [5, 5.41) is 2.67. The van der Waals surface area contributed by atoms with Crippen LogP contribution < -0.4 is 14.8 Å². The number of halogens is 2. The standard InChI is InChI=1S/C18H18F2N2O4S/c1-27(24,25)22-15-4-2-3-14(11-15)12-21-17(23)10-7-13-5-8-16(9-6-13)26-18(19)20/h2-11,18,22H,12H2,1H3,(H,21,23)/b10-7+.